The van der Waals surface area contributed by atoms with Gasteiger partial charge in [-0.25, -0.2) is 8.42 Å². The number of aliphatic hydroxyl groups is 1. The van der Waals surface area contributed by atoms with Gasteiger partial charge >= 0.3 is 12.4 Å². The highest BCUT2D eigenvalue weighted by molar-refractivity contribution is 7.91. The van der Waals surface area contributed by atoms with E-state index in [4.69, 9.17) is 16.3 Å². The van der Waals surface area contributed by atoms with Crippen LogP contribution in [-0.4, -0.2) is 44.6 Å². The lowest BCUT2D eigenvalue weighted by Gasteiger charge is -2.33. The number of hydrogen-bond acceptors (Lipinski definition) is 5. The van der Waals surface area contributed by atoms with Crippen molar-refractivity contribution in [2.24, 2.45) is 0 Å². The number of benzene rings is 2. The Morgan fingerprint density at radius 2 is 1.59 bits per heavy atom. The fraction of sp³-hybridized carbons (Fsp3) is 0.350. The second-order valence-corrected chi connectivity index (χ2v) is 9.70. The number of carbonyl (C=O) groups is 1. The molecule has 34 heavy (non-hydrogen) atoms. The maximum Gasteiger partial charge on any atom is 0.430 e. The average molecular weight is 534 g/mol. The van der Waals surface area contributed by atoms with Gasteiger partial charge in [0.05, 0.1) is 29.9 Å². The van der Waals surface area contributed by atoms with Gasteiger partial charge in [-0.2, -0.15) is 26.3 Å². The number of carbonyl (C=O) groups excluding carboxylic acids is 1. The van der Waals surface area contributed by atoms with Crippen molar-refractivity contribution in [3.8, 4) is 5.75 Å². The van der Waals surface area contributed by atoms with Crippen molar-refractivity contribution in [3.05, 3.63) is 52.5 Å². The first-order chi connectivity index (χ1) is 15.5. The van der Waals surface area contributed by atoms with Crippen LogP contribution in [-0.2, 0) is 26.7 Å². The molecule has 0 aliphatic carbocycles. The fourth-order valence-corrected chi connectivity index (χ4v) is 4.11. The summed E-state index contributed by atoms with van der Waals surface area (Å²) < 4.78 is 108. The van der Waals surface area contributed by atoms with E-state index in [-0.39, 0.29) is 28.8 Å². The lowest BCUT2D eigenvalue weighted by atomic mass is 9.91. The number of halogens is 7. The zero-order valence-electron chi connectivity index (χ0n) is 17.5. The fourth-order valence-electron chi connectivity index (χ4n) is 2.92. The van der Waals surface area contributed by atoms with E-state index in [1.54, 1.807) is 0 Å². The van der Waals surface area contributed by atoms with Crippen LogP contribution in [0.25, 0.3) is 0 Å². The van der Waals surface area contributed by atoms with E-state index < -0.39 is 50.0 Å². The summed E-state index contributed by atoms with van der Waals surface area (Å²) in [4.78, 5) is 12.4. The Bertz CT molecular complexity index is 1150. The van der Waals surface area contributed by atoms with Crippen LogP contribution in [0.1, 0.15) is 18.1 Å². The Kier molecular flexibility index (Phi) is 7.85. The third kappa shape index (κ3) is 5.41. The van der Waals surface area contributed by atoms with Crippen molar-refractivity contribution in [1.29, 1.82) is 0 Å². The molecule has 0 bridgehead atoms. The molecule has 0 aromatic heterocycles. The lowest BCUT2D eigenvalue weighted by Crippen LogP contribution is -2.54. The van der Waals surface area contributed by atoms with E-state index in [1.807, 2.05) is 0 Å². The Labute approximate surface area is 195 Å². The molecule has 188 valence electrons. The predicted molar refractivity (Wildman–Crippen MR) is 111 cm³/mol. The summed E-state index contributed by atoms with van der Waals surface area (Å²) in [5, 5.41) is 10.7. The molecule has 2 N–H and O–H groups in total. The molecule has 1 amide bonds. The Hall–Kier alpha value is -2.51. The molecule has 0 saturated carbocycles. The molecule has 0 saturated heterocycles. The van der Waals surface area contributed by atoms with Gasteiger partial charge in [0.25, 0.3) is 5.60 Å². The van der Waals surface area contributed by atoms with Crippen molar-refractivity contribution in [3.63, 3.8) is 0 Å². The van der Waals surface area contributed by atoms with Crippen molar-refractivity contribution in [1.82, 2.24) is 0 Å². The summed E-state index contributed by atoms with van der Waals surface area (Å²) in [6.45, 7) is 1.46. The van der Waals surface area contributed by atoms with E-state index in [1.165, 1.54) is 31.2 Å². The van der Waals surface area contributed by atoms with Crippen LogP contribution in [0, 0.1) is 0 Å². The number of methoxy groups -OCH3 is 1. The number of sulfone groups is 1. The maximum absolute atomic E-state index is 13.2. The third-order valence-corrected chi connectivity index (χ3v) is 6.86. The molecule has 0 atom stereocenters. The van der Waals surface area contributed by atoms with Gasteiger partial charge in [0.1, 0.15) is 5.75 Å². The van der Waals surface area contributed by atoms with Gasteiger partial charge in [0.15, 0.2) is 9.84 Å². The van der Waals surface area contributed by atoms with Crippen LogP contribution in [0.2, 0.25) is 5.02 Å². The van der Waals surface area contributed by atoms with Crippen molar-refractivity contribution < 1.29 is 49.4 Å². The quantitative estimate of drug-likeness (QED) is 0.506. The van der Waals surface area contributed by atoms with Crippen LogP contribution in [0.4, 0.5) is 32.0 Å². The van der Waals surface area contributed by atoms with Crippen LogP contribution in [0.15, 0.2) is 41.3 Å². The van der Waals surface area contributed by atoms with Crippen LogP contribution in [0.5, 0.6) is 5.75 Å². The molecular weight excluding hydrogens is 516 g/mol. The summed E-state index contributed by atoms with van der Waals surface area (Å²) in [6, 6.07) is 6.17. The number of hydrogen-bond donors (Lipinski definition) is 2. The molecule has 0 unspecified atom stereocenters. The van der Waals surface area contributed by atoms with Gasteiger partial charge in [-0.3, -0.25) is 4.79 Å². The SMILES string of the molecule is CCS(=O)(=O)c1ccc(CC(=O)Nc2cc(Cl)c(C(O)(C(F)(F)F)C(F)(F)F)cc2OC)cc1. The first-order valence-corrected chi connectivity index (χ1v) is 11.4. The van der Waals surface area contributed by atoms with Gasteiger partial charge in [0.2, 0.25) is 5.91 Å². The topological polar surface area (TPSA) is 92.7 Å². The number of amides is 1. The van der Waals surface area contributed by atoms with Crippen LogP contribution in [0.3, 0.4) is 0 Å². The molecule has 0 radical (unpaired) electrons. The molecule has 14 heteroatoms. The molecule has 0 fully saturated rings. The van der Waals surface area contributed by atoms with Crippen molar-refractivity contribution in [2.75, 3.05) is 18.2 Å². The first kappa shape index (κ1) is 27.7. The molecule has 0 aliphatic heterocycles. The van der Waals surface area contributed by atoms with Crippen LogP contribution < -0.4 is 10.1 Å². The maximum atomic E-state index is 13.2. The summed E-state index contributed by atoms with van der Waals surface area (Å²) >= 11 is 5.65. The van der Waals surface area contributed by atoms with Gasteiger partial charge < -0.3 is 15.2 Å². The monoisotopic (exact) mass is 533 g/mol. The molecule has 6 nitrogen and oxygen atoms in total. The minimum atomic E-state index is -6.16. The highest BCUT2D eigenvalue weighted by Gasteiger charge is 2.72. The lowest BCUT2D eigenvalue weighted by molar-refractivity contribution is -0.376. The number of ether oxygens (including phenoxy) is 1. The second kappa shape index (κ2) is 9.62. The summed E-state index contributed by atoms with van der Waals surface area (Å²) in [5.74, 6) is -1.50. The Balaban J connectivity index is 2.36. The number of rotatable bonds is 7. The molecule has 2 rings (SSSR count). The molecule has 2 aromatic rings. The van der Waals surface area contributed by atoms with E-state index in [9.17, 15) is 44.7 Å². The highest BCUT2D eigenvalue weighted by Crippen LogP contribution is 2.53. The first-order valence-electron chi connectivity index (χ1n) is 9.33. The number of anilines is 1. The minimum absolute atomic E-state index is 0.0463. The molecule has 2 aromatic carbocycles. The van der Waals surface area contributed by atoms with Gasteiger partial charge in [-0.15, -0.1) is 0 Å². The minimum Gasteiger partial charge on any atom is -0.495 e. The number of nitrogens with one attached hydrogen (secondary N) is 1. The van der Waals surface area contributed by atoms with E-state index in [0.29, 0.717) is 11.6 Å². The molecule has 0 spiro atoms. The normalized spacial score (nSPS) is 13.0. The Morgan fingerprint density at radius 3 is 2.03 bits per heavy atom. The van der Waals surface area contributed by atoms with E-state index in [2.05, 4.69) is 5.32 Å². The highest BCUT2D eigenvalue weighted by atomic mass is 35.5. The van der Waals surface area contributed by atoms with Crippen LogP contribution >= 0.6 is 11.6 Å². The zero-order valence-corrected chi connectivity index (χ0v) is 19.1. The molecule has 0 aliphatic rings. The largest absolute Gasteiger partial charge is 0.495 e. The number of alkyl halides is 6. The molecular formula is C20H18ClF6NO5S. The second-order valence-electron chi connectivity index (χ2n) is 7.01. The summed E-state index contributed by atoms with van der Waals surface area (Å²) in [7, 11) is -2.53. The van der Waals surface area contributed by atoms with Gasteiger partial charge in [0, 0.05) is 10.6 Å². The zero-order chi connectivity index (χ0) is 26.1. The summed E-state index contributed by atoms with van der Waals surface area (Å²) in [5.41, 5.74) is -6.99. The predicted octanol–water partition coefficient (Wildman–Crippen LogP) is 4.64. The standard InChI is InChI=1S/C20H18ClF6NO5S/c1-3-34(31,32)12-6-4-11(5-7-12)8-17(29)28-15-10-14(21)13(9-16(15)33-2)18(30,19(22,23)24)20(25,26)27/h4-7,9-10,30H,3,8H2,1-2H3,(H,28,29). The summed E-state index contributed by atoms with van der Waals surface area (Å²) in [6.07, 6.45) is -12.6. The third-order valence-electron chi connectivity index (χ3n) is 4.80. The van der Waals surface area contributed by atoms with Crippen molar-refractivity contribution in [2.45, 2.75) is 36.2 Å². The van der Waals surface area contributed by atoms with Crippen molar-refractivity contribution >= 4 is 33.0 Å². The van der Waals surface area contributed by atoms with E-state index in [0.717, 1.165) is 7.11 Å². The smallest absolute Gasteiger partial charge is 0.430 e. The average Bonchev–Trinajstić information content (AvgIpc) is 2.72. The van der Waals surface area contributed by atoms with Gasteiger partial charge in [-0.05, 0) is 29.8 Å². The van der Waals surface area contributed by atoms with E-state index >= 15 is 0 Å². The molecule has 0 heterocycles. The van der Waals surface area contributed by atoms with Gasteiger partial charge in [-0.1, -0.05) is 30.7 Å². The Morgan fingerprint density at radius 1 is 1.06 bits per heavy atom.